The van der Waals surface area contributed by atoms with Crippen molar-refractivity contribution < 1.29 is 85.4 Å². The zero-order valence-corrected chi connectivity index (χ0v) is 29.8. The molecule has 0 saturated carbocycles. The van der Waals surface area contributed by atoms with Crippen LogP contribution in [0.5, 0.6) is 0 Å². The van der Waals surface area contributed by atoms with E-state index < -0.39 is 99.0 Å². The van der Waals surface area contributed by atoms with Gasteiger partial charge < -0.3 is 60.9 Å². The number of hydrogen-bond acceptors (Lipinski definition) is 22. The largest absolute Gasteiger partial charge is 0.479 e. The van der Waals surface area contributed by atoms with Crippen LogP contribution in [-0.4, -0.2) is 135 Å². The smallest absolute Gasteiger partial charge is 0.387 e. The lowest BCUT2D eigenvalue weighted by Crippen LogP contribution is -2.33. The van der Waals surface area contributed by atoms with Gasteiger partial charge in [0, 0.05) is 0 Å². The maximum absolute atomic E-state index is 12.6. The van der Waals surface area contributed by atoms with Gasteiger partial charge in [0.1, 0.15) is 60.3 Å². The number of imidazole rings is 2. The van der Waals surface area contributed by atoms with Crippen molar-refractivity contribution in [1.29, 1.82) is 0 Å². The van der Waals surface area contributed by atoms with Crippen LogP contribution in [0.3, 0.4) is 0 Å². The maximum atomic E-state index is 12.6. The number of nitrogens with zero attached hydrogens (tertiary/aromatic N) is 8. The Morgan fingerprint density at radius 1 is 0.623 bits per heavy atom. The number of anilines is 2. The first-order chi connectivity index (χ1) is 24.7. The predicted octanol–water partition coefficient (Wildman–Crippen LogP) is -2.34. The van der Waals surface area contributed by atoms with Gasteiger partial charge in [-0.15, -0.1) is 0 Å². The highest BCUT2D eigenvalue weighted by Gasteiger charge is 2.49. The van der Waals surface area contributed by atoms with Crippen molar-refractivity contribution in [2.24, 2.45) is 0 Å². The molecule has 0 bridgehead atoms. The highest BCUT2D eigenvalue weighted by molar-refractivity contribution is 7.76. The van der Waals surface area contributed by atoms with Crippen molar-refractivity contribution >= 4 is 64.8 Å². The highest BCUT2D eigenvalue weighted by Crippen LogP contribution is 2.70. The highest BCUT2D eigenvalue weighted by atomic mass is 31.3. The predicted molar refractivity (Wildman–Crippen MR) is 170 cm³/mol. The molecular formula is C21H30N10O18P4. The van der Waals surface area contributed by atoms with Crippen LogP contribution < -0.4 is 11.5 Å². The summed E-state index contributed by atoms with van der Waals surface area (Å²) in [6.45, 7) is -2.11. The number of aliphatic hydroxyl groups excluding tert-OH is 4. The number of aromatic nitrogens is 8. The lowest BCUT2D eigenvalue weighted by molar-refractivity contribution is -0.0502. The molecule has 28 nitrogen and oxygen atoms in total. The van der Waals surface area contributed by atoms with E-state index in [0.29, 0.717) is 0 Å². The first kappa shape index (κ1) is 39.7. The second-order valence-corrected chi connectivity index (χ2v) is 18.7. The molecule has 12 N–H and O–H groups in total. The summed E-state index contributed by atoms with van der Waals surface area (Å²) in [6.07, 6.45) is -8.28. The number of aliphatic hydroxyl groups is 4. The second kappa shape index (κ2) is 14.6. The SMILES string of the molecule is Nc1ncnc2c1ncn2C1OC(COP(=O)(O)OP(=O)(O)CP(=O)(O)OP(=O)(O)OCC2OC(n3cnc4c(N)ncnc43)C(O)C2O)C(O)C1O. The number of hydrogen-bond donors (Lipinski definition) is 10. The number of nitrogen functional groups attached to an aromatic ring is 2. The minimum atomic E-state index is -5.69. The lowest BCUT2D eigenvalue weighted by Gasteiger charge is -2.22. The Hall–Kier alpha value is -2.94. The van der Waals surface area contributed by atoms with Crippen LogP contribution >= 0.6 is 30.8 Å². The van der Waals surface area contributed by atoms with Crippen LogP contribution in [-0.2, 0) is 45.4 Å². The van der Waals surface area contributed by atoms with Gasteiger partial charge in [-0.2, -0.15) is 0 Å². The fourth-order valence-corrected chi connectivity index (χ4v) is 12.1. The van der Waals surface area contributed by atoms with Gasteiger partial charge in [-0.05, 0) is 0 Å². The van der Waals surface area contributed by atoms with Crippen molar-refractivity contribution in [2.45, 2.75) is 49.1 Å². The third-order valence-corrected chi connectivity index (χ3v) is 15.1. The summed E-state index contributed by atoms with van der Waals surface area (Å²) in [6, 6.07) is 0. The van der Waals surface area contributed by atoms with Crippen molar-refractivity contribution in [3.63, 3.8) is 0 Å². The lowest BCUT2D eigenvalue weighted by atomic mass is 10.1. The topological polar surface area (TPSA) is 425 Å². The monoisotopic (exact) mass is 834 g/mol. The Morgan fingerprint density at radius 2 is 1.00 bits per heavy atom. The molecular weight excluding hydrogens is 804 g/mol. The first-order valence-corrected chi connectivity index (χ1v) is 21.1. The summed E-state index contributed by atoms with van der Waals surface area (Å²) >= 11 is 0. The number of phosphoric acid groups is 2. The Labute approximate surface area is 294 Å². The van der Waals surface area contributed by atoms with Gasteiger partial charge in [-0.3, -0.25) is 27.3 Å². The molecule has 292 valence electrons. The molecule has 6 heterocycles. The molecule has 6 rings (SSSR count). The molecule has 53 heavy (non-hydrogen) atoms. The molecule has 0 amide bonds. The quantitative estimate of drug-likeness (QED) is 0.0595. The van der Waals surface area contributed by atoms with Gasteiger partial charge in [0.25, 0.3) is 0 Å². The molecule has 12 atom stereocenters. The molecule has 2 aliphatic heterocycles. The van der Waals surface area contributed by atoms with Gasteiger partial charge in [0.15, 0.2) is 41.3 Å². The molecule has 4 aromatic heterocycles. The van der Waals surface area contributed by atoms with Crippen LogP contribution in [0.15, 0.2) is 25.3 Å². The summed E-state index contributed by atoms with van der Waals surface area (Å²) in [5.41, 5.74) is 11.9. The van der Waals surface area contributed by atoms with E-state index in [1.165, 1.54) is 9.13 Å². The Bertz CT molecular complexity index is 2040. The average Bonchev–Trinajstić information content (AvgIpc) is 3.80. The van der Waals surface area contributed by atoms with Gasteiger partial charge in [-0.25, -0.2) is 47.7 Å². The van der Waals surface area contributed by atoms with Crippen molar-refractivity contribution in [3.05, 3.63) is 25.3 Å². The van der Waals surface area contributed by atoms with Gasteiger partial charge in [0.05, 0.1) is 25.9 Å². The van der Waals surface area contributed by atoms with Crippen molar-refractivity contribution in [2.75, 3.05) is 30.6 Å². The molecule has 32 heteroatoms. The van der Waals surface area contributed by atoms with E-state index in [2.05, 4.69) is 47.6 Å². The van der Waals surface area contributed by atoms with E-state index in [9.17, 15) is 58.3 Å². The second-order valence-electron chi connectivity index (χ2n) is 11.4. The van der Waals surface area contributed by atoms with Gasteiger partial charge in [0.2, 0.25) is 0 Å². The van der Waals surface area contributed by atoms with E-state index in [0.717, 1.165) is 25.3 Å². The zero-order valence-electron chi connectivity index (χ0n) is 26.2. The molecule has 2 saturated heterocycles. The Balaban J connectivity index is 1.01. The molecule has 2 fully saturated rings. The van der Waals surface area contributed by atoms with E-state index >= 15 is 0 Å². The molecule has 12 unspecified atom stereocenters. The average molecular weight is 834 g/mol. The Kier molecular flexibility index (Phi) is 11.0. The summed E-state index contributed by atoms with van der Waals surface area (Å²) in [5.74, 6) is -2.05. The van der Waals surface area contributed by atoms with Gasteiger partial charge in [-0.1, -0.05) is 0 Å². The molecule has 0 aliphatic carbocycles. The van der Waals surface area contributed by atoms with Crippen LogP contribution in [0.1, 0.15) is 12.5 Å². The normalized spacial score (nSPS) is 30.9. The Morgan fingerprint density at radius 3 is 1.38 bits per heavy atom. The minimum Gasteiger partial charge on any atom is -0.387 e. The fourth-order valence-electron chi connectivity index (χ4n) is 5.29. The standard InChI is InChI=1S/C21H30N10O18P4/c22-16-10-18(26-3-24-16)30(5-28-10)20-14(34)12(32)8(46-20)1-44-52(40,41)48-50(36,37)7-51(38,39)49-53(42,43)45-2-9-13(33)15(35)21(47-9)31-6-29-11-17(23)25-4-27-19(11)31/h3-6,8-9,12-15,20-21,32-35H,1-2,7H2,(H,36,37)(H,38,39)(H,40,41)(H,42,43)(H2,22,24,26)(H2,23,25,27). The number of phosphoric ester groups is 2. The van der Waals surface area contributed by atoms with E-state index in [-0.39, 0.29) is 34.0 Å². The zero-order chi connectivity index (χ0) is 38.7. The summed E-state index contributed by atoms with van der Waals surface area (Å²) < 4.78 is 81.0. The van der Waals surface area contributed by atoms with E-state index in [1.807, 2.05) is 0 Å². The first-order valence-electron chi connectivity index (χ1n) is 14.6. The number of nitrogens with two attached hydrogens (primary N) is 2. The molecule has 0 spiro atoms. The van der Waals surface area contributed by atoms with Crippen LogP contribution in [0.25, 0.3) is 22.3 Å². The molecule has 0 aromatic carbocycles. The summed E-state index contributed by atoms with van der Waals surface area (Å²) in [4.78, 5) is 63.7. The number of fused-ring (bicyclic) bond motifs is 2. The third-order valence-electron chi connectivity index (χ3n) is 7.62. The maximum Gasteiger partial charge on any atom is 0.479 e. The fraction of sp³-hybridized carbons (Fsp3) is 0.524. The summed E-state index contributed by atoms with van der Waals surface area (Å²) in [7, 11) is -22.7. The molecule has 4 aromatic rings. The van der Waals surface area contributed by atoms with Crippen LogP contribution in [0.2, 0.25) is 0 Å². The third kappa shape index (κ3) is 8.50. The molecule has 2 aliphatic rings. The van der Waals surface area contributed by atoms with Gasteiger partial charge >= 0.3 is 30.8 Å². The van der Waals surface area contributed by atoms with Crippen molar-refractivity contribution in [1.82, 2.24) is 39.0 Å². The number of ether oxygens (including phenoxy) is 2. The van der Waals surface area contributed by atoms with Crippen molar-refractivity contribution in [3.8, 4) is 0 Å². The van der Waals surface area contributed by atoms with Crippen LogP contribution in [0, 0.1) is 0 Å². The minimum absolute atomic E-state index is 0.00238. The number of rotatable bonds is 14. The van der Waals surface area contributed by atoms with E-state index in [4.69, 9.17) is 20.9 Å². The summed E-state index contributed by atoms with van der Waals surface area (Å²) in [5, 5.41) is 41.9. The van der Waals surface area contributed by atoms with Crippen LogP contribution in [0.4, 0.5) is 11.6 Å². The molecule has 0 radical (unpaired) electrons. The van der Waals surface area contributed by atoms with E-state index in [1.54, 1.807) is 0 Å².